The van der Waals surface area contributed by atoms with Crippen molar-refractivity contribution in [1.29, 1.82) is 5.41 Å². The van der Waals surface area contributed by atoms with E-state index in [0.717, 1.165) is 17.6 Å². The van der Waals surface area contributed by atoms with E-state index < -0.39 is 0 Å². The van der Waals surface area contributed by atoms with Crippen LogP contribution in [-0.2, 0) is 0 Å². The van der Waals surface area contributed by atoms with Crippen molar-refractivity contribution in [2.45, 2.75) is 20.8 Å². The summed E-state index contributed by atoms with van der Waals surface area (Å²) in [5, 5.41) is 6.21. The molecule has 0 atom stereocenters. The molecule has 0 aliphatic heterocycles. The Hall–Kier alpha value is -1.64. The number of rotatable bonds is 1. The van der Waals surface area contributed by atoms with Crippen LogP contribution in [0.15, 0.2) is 31.0 Å². The van der Waals surface area contributed by atoms with E-state index in [2.05, 4.69) is 11.6 Å². The molecule has 0 amide bonds. The molecule has 3 N–H and O–H groups in total. The van der Waals surface area contributed by atoms with Gasteiger partial charge in [-0.05, 0) is 19.1 Å². The van der Waals surface area contributed by atoms with Gasteiger partial charge in [0.25, 0.3) is 0 Å². The maximum absolute atomic E-state index is 6.21. The second-order valence-corrected chi connectivity index (χ2v) is 2.14. The van der Waals surface area contributed by atoms with E-state index in [1.54, 1.807) is 6.20 Å². The zero-order valence-corrected chi connectivity index (χ0v) is 9.12. The van der Waals surface area contributed by atoms with Crippen LogP contribution in [0.25, 0.3) is 0 Å². The smallest absolute Gasteiger partial charge is 0.0500 e. The highest BCUT2D eigenvalue weighted by molar-refractivity contribution is 5.66. The predicted molar refractivity (Wildman–Crippen MR) is 63.7 cm³/mol. The van der Waals surface area contributed by atoms with Crippen LogP contribution in [0.4, 0.5) is 5.69 Å². The summed E-state index contributed by atoms with van der Waals surface area (Å²) in [6.07, 6.45) is 4.20. The van der Waals surface area contributed by atoms with Crippen LogP contribution in [0.2, 0.25) is 0 Å². The van der Waals surface area contributed by atoms with E-state index in [1.165, 1.54) is 6.08 Å². The Morgan fingerprint density at radius 2 is 1.93 bits per heavy atom. The van der Waals surface area contributed by atoms with E-state index in [4.69, 9.17) is 11.1 Å². The van der Waals surface area contributed by atoms with Crippen LogP contribution in [0, 0.1) is 12.3 Å². The van der Waals surface area contributed by atoms with Crippen LogP contribution in [0.3, 0.4) is 0 Å². The number of pyridine rings is 1. The van der Waals surface area contributed by atoms with Gasteiger partial charge in [0.15, 0.2) is 0 Å². The first kappa shape index (κ1) is 14.9. The van der Waals surface area contributed by atoms with Crippen LogP contribution in [0.1, 0.15) is 19.5 Å². The van der Waals surface area contributed by atoms with E-state index in [1.807, 2.05) is 32.9 Å². The summed E-state index contributed by atoms with van der Waals surface area (Å²) in [7, 11) is 0. The molecule has 0 spiro atoms. The Morgan fingerprint density at radius 3 is 2.14 bits per heavy atom. The number of aryl methyl sites for hydroxylation is 1. The summed E-state index contributed by atoms with van der Waals surface area (Å²) in [4.78, 5) is 3.95. The second-order valence-electron chi connectivity index (χ2n) is 2.14. The van der Waals surface area contributed by atoms with Crippen LogP contribution < -0.4 is 5.73 Å². The minimum Gasteiger partial charge on any atom is -0.397 e. The third-order valence-electron chi connectivity index (χ3n) is 1.05. The molecule has 0 aliphatic carbocycles. The highest BCUT2D eigenvalue weighted by Gasteiger charge is 1.81. The van der Waals surface area contributed by atoms with Gasteiger partial charge in [0, 0.05) is 11.9 Å². The number of anilines is 1. The molecular formula is C11H19N3. The Bertz CT molecular complexity index is 212. The minimum absolute atomic E-state index is 0.718. The van der Waals surface area contributed by atoms with Crippen molar-refractivity contribution in [1.82, 2.24) is 4.98 Å². The predicted octanol–water partition coefficient (Wildman–Crippen LogP) is 2.82. The number of nitrogens with one attached hydrogen (secondary N) is 1. The average molecular weight is 193 g/mol. The molecule has 0 aliphatic rings. The lowest BCUT2D eigenvalue weighted by Crippen LogP contribution is -1.85. The van der Waals surface area contributed by atoms with Gasteiger partial charge in [0.05, 0.1) is 11.9 Å². The molecule has 1 heterocycles. The molecule has 14 heavy (non-hydrogen) atoms. The van der Waals surface area contributed by atoms with Crippen molar-refractivity contribution in [2.24, 2.45) is 0 Å². The molecule has 0 aromatic carbocycles. The van der Waals surface area contributed by atoms with Gasteiger partial charge in [-0.3, -0.25) is 4.98 Å². The maximum atomic E-state index is 6.21. The Labute approximate surface area is 86.2 Å². The number of nitrogen functional groups attached to an aromatic ring is 1. The van der Waals surface area contributed by atoms with Gasteiger partial charge in [0.2, 0.25) is 0 Å². The van der Waals surface area contributed by atoms with Gasteiger partial charge >= 0.3 is 0 Å². The number of nitrogens with two attached hydrogens (primary N) is 1. The molecule has 1 aromatic heterocycles. The second kappa shape index (κ2) is 11.4. The molecule has 0 fully saturated rings. The highest BCUT2D eigenvalue weighted by Crippen LogP contribution is 1.97. The molecule has 0 saturated carbocycles. The molecule has 0 saturated heterocycles. The number of allylic oxidation sites excluding steroid dienone is 1. The molecule has 1 rings (SSSR count). The fourth-order valence-electron chi connectivity index (χ4n) is 0.479. The van der Waals surface area contributed by atoms with E-state index in [9.17, 15) is 0 Å². The van der Waals surface area contributed by atoms with E-state index in [0.29, 0.717) is 0 Å². The van der Waals surface area contributed by atoms with Gasteiger partial charge in [-0.15, -0.1) is 0 Å². The monoisotopic (exact) mass is 193 g/mol. The van der Waals surface area contributed by atoms with Crippen molar-refractivity contribution in [3.05, 3.63) is 36.7 Å². The summed E-state index contributed by atoms with van der Waals surface area (Å²) in [6.45, 7) is 9.17. The number of hydrogen-bond acceptors (Lipinski definition) is 3. The SMILES string of the molecule is C=CC=N.CC.Cc1ccc(N)cn1. The molecular weight excluding hydrogens is 174 g/mol. The largest absolute Gasteiger partial charge is 0.397 e. The zero-order valence-electron chi connectivity index (χ0n) is 9.12. The van der Waals surface area contributed by atoms with Gasteiger partial charge in [0.1, 0.15) is 0 Å². The van der Waals surface area contributed by atoms with Crippen molar-refractivity contribution >= 4 is 11.9 Å². The normalized spacial score (nSPS) is 7.07. The zero-order chi connectivity index (χ0) is 11.4. The Kier molecular flexibility index (Phi) is 12.1. The lowest BCUT2D eigenvalue weighted by Gasteiger charge is -1.89. The Balaban J connectivity index is 0. The first-order valence-electron chi connectivity index (χ1n) is 4.50. The molecule has 0 unspecified atom stereocenters. The van der Waals surface area contributed by atoms with Gasteiger partial charge in [-0.2, -0.15) is 0 Å². The molecule has 3 nitrogen and oxygen atoms in total. The van der Waals surface area contributed by atoms with Crippen molar-refractivity contribution in [3.8, 4) is 0 Å². The van der Waals surface area contributed by atoms with Gasteiger partial charge < -0.3 is 11.1 Å². The summed E-state index contributed by atoms with van der Waals surface area (Å²) in [6, 6.07) is 3.72. The van der Waals surface area contributed by atoms with Gasteiger partial charge in [-0.1, -0.05) is 26.5 Å². The third kappa shape index (κ3) is 10.4. The van der Waals surface area contributed by atoms with Crippen LogP contribution in [-0.4, -0.2) is 11.2 Å². The topological polar surface area (TPSA) is 62.8 Å². The van der Waals surface area contributed by atoms with Crippen molar-refractivity contribution in [2.75, 3.05) is 5.73 Å². The van der Waals surface area contributed by atoms with Crippen LogP contribution in [0.5, 0.6) is 0 Å². The minimum atomic E-state index is 0.718. The maximum Gasteiger partial charge on any atom is 0.0500 e. The number of nitrogens with zero attached hydrogens (tertiary/aromatic N) is 1. The molecule has 1 aromatic rings. The molecule has 0 radical (unpaired) electrons. The first-order valence-corrected chi connectivity index (χ1v) is 4.50. The van der Waals surface area contributed by atoms with E-state index >= 15 is 0 Å². The molecule has 3 heteroatoms. The fraction of sp³-hybridized carbons (Fsp3) is 0.273. The van der Waals surface area contributed by atoms with Crippen molar-refractivity contribution < 1.29 is 0 Å². The number of aromatic nitrogens is 1. The van der Waals surface area contributed by atoms with Crippen LogP contribution >= 0.6 is 0 Å². The Morgan fingerprint density at radius 1 is 1.43 bits per heavy atom. The molecule has 0 bridgehead atoms. The lowest BCUT2D eigenvalue weighted by molar-refractivity contribution is 1.20. The highest BCUT2D eigenvalue weighted by atomic mass is 14.7. The summed E-state index contributed by atoms with van der Waals surface area (Å²) >= 11 is 0. The van der Waals surface area contributed by atoms with Gasteiger partial charge in [-0.25, -0.2) is 0 Å². The lowest BCUT2D eigenvalue weighted by atomic mass is 10.4. The van der Waals surface area contributed by atoms with Crippen molar-refractivity contribution in [3.63, 3.8) is 0 Å². The number of hydrogen-bond donors (Lipinski definition) is 2. The summed E-state index contributed by atoms with van der Waals surface area (Å²) in [5.41, 5.74) is 7.08. The average Bonchev–Trinajstić information content (AvgIpc) is 2.26. The molecule has 78 valence electrons. The van der Waals surface area contributed by atoms with E-state index in [-0.39, 0.29) is 0 Å². The fourth-order valence-corrected chi connectivity index (χ4v) is 0.479. The third-order valence-corrected chi connectivity index (χ3v) is 1.05. The standard InChI is InChI=1S/C6H8N2.C3H5N.C2H6/c1-5-2-3-6(7)4-8-5;1-2-3-4;1-2/h2-4H,7H2,1H3;2-4H,1H2;1-2H3. The summed E-state index contributed by atoms with van der Waals surface area (Å²) < 4.78 is 0. The first-order chi connectivity index (χ1) is 6.70. The quantitative estimate of drug-likeness (QED) is 0.674. The summed E-state index contributed by atoms with van der Waals surface area (Å²) in [5.74, 6) is 0.